The Morgan fingerprint density at radius 2 is 2.14 bits per heavy atom. The van der Waals surface area contributed by atoms with Gasteiger partial charge in [-0.05, 0) is 37.2 Å². The summed E-state index contributed by atoms with van der Waals surface area (Å²) in [6.45, 7) is 0. The molecule has 6 nitrogen and oxygen atoms in total. The fourth-order valence-electron chi connectivity index (χ4n) is 3.61. The molecule has 0 aliphatic heterocycles. The minimum Gasteiger partial charge on any atom is -0.478 e. The molecule has 2 aliphatic rings. The van der Waals surface area contributed by atoms with E-state index in [4.69, 9.17) is 5.11 Å². The zero-order chi connectivity index (χ0) is 15.1. The van der Waals surface area contributed by atoms with Gasteiger partial charge in [-0.2, -0.15) is 0 Å². The maximum Gasteiger partial charge on any atom is 0.338 e. The van der Waals surface area contributed by atoms with Crippen LogP contribution in [-0.4, -0.2) is 22.0 Å². The largest absolute Gasteiger partial charge is 0.478 e. The number of rotatable bonds is 4. The third-order valence-corrected chi connectivity index (χ3v) is 4.59. The summed E-state index contributed by atoms with van der Waals surface area (Å²) >= 11 is 0. The molecule has 0 amide bonds. The van der Waals surface area contributed by atoms with E-state index in [2.05, 4.69) is 5.32 Å². The van der Waals surface area contributed by atoms with Crippen LogP contribution in [0.4, 0.5) is 15.8 Å². The van der Waals surface area contributed by atoms with Crippen LogP contribution in [0.2, 0.25) is 0 Å². The van der Waals surface area contributed by atoms with Crippen molar-refractivity contribution in [2.45, 2.75) is 31.7 Å². The lowest BCUT2D eigenvalue weighted by Crippen LogP contribution is -2.26. The molecule has 2 aliphatic carbocycles. The molecule has 0 aromatic heterocycles. The van der Waals surface area contributed by atoms with Gasteiger partial charge in [-0.3, -0.25) is 10.1 Å². The van der Waals surface area contributed by atoms with Crippen LogP contribution in [0.3, 0.4) is 0 Å². The van der Waals surface area contributed by atoms with Gasteiger partial charge in [0.25, 0.3) is 5.69 Å². The Morgan fingerprint density at radius 3 is 2.67 bits per heavy atom. The van der Waals surface area contributed by atoms with E-state index in [1.807, 2.05) is 0 Å². The van der Waals surface area contributed by atoms with E-state index in [1.54, 1.807) is 0 Å². The zero-order valence-corrected chi connectivity index (χ0v) is 11.2. The molecular weight excluding hydrogens is 279 g/mol. The van der Waals surface area contributed by atoms with Crippen molar-refractivity contribution in [1.29, 1.82) is 0 Å². The summed E-state index contributed by atoms with van der Waals surface area (Å²) in [7, 11) is 0. The summed E-state index contributed by atoms with van der Waals surface area (Å²) < 4.78 is 13.6. The number of benzene rings is 1. The predicted octanol–water partition coefficient (Wildman–Crippen LogP) is 3.03. The fourth-order valence-corrected chi connectivity index (χ4v) is 3.61. The van der Waals surface area contributed by atoms with Gasteiger partial charge in [0.05, 0.1) is 16.6 Å². The van der Waals surface area contributed by atoms with Crippen LogP contribution in [0.5, 0.6) is 0 Å². The normalized spacial score (nSPS) is 26.8. The summed E-state index contributed by atoms with van der Waals surface area (Å²) in [6, 6.07) is 1.82. The number of carbonyl (C=O) groups is 1. The molecule has 2 N–H and O–H groups in total. The van der Waals surface area contributed by atoms with E-state index in [9.17, 15) is 19.3 Å². The van der Waals surface area contributed by atoms with Crippen LogP contribution in [0.25, 0.3) is 0 Å². The van der Waals surface area contributed by atoms with Gasteiger partial charge < -0.3 is 10.4 Å². The molecule has 2 bridgehead atoms. The van der Waals surface area contributed by atoms with E-state index in [0.29, 0.717) is 17.9 Å². The molecule has 3 atom stereocenters. The Bertz CT molecular complexity index is 619. The number of nitro groups is 1. The van der Waals surface area contributed by atoms with Crippen LogP contribution in [0.1, 0.15) is 36.0 Å². The first-order valence-corrected chi connectivity index (χ1v) is 6.93. The molecule has 2 saturated carbocycles. The first-order valence-electron chi connectivity index (χ1n) is 6.93. The molecule has 21 heavy (non-hydrogen) atoms. The number of aromatic carboxylic acids is 1. The average Bonchev–Trinajstić information content (AvgIpc) is 3.02. The molecule has 0 saturated heterocycles. The number of carboxylic acids is 1. The van der Waals surface area contributed by atoms with Crippen LogP contribution < -0.4 is 5.32 Å². The van der Waals surface area contributed by atoms with E-state index in [-0.39, 0.29) is 11.7 Å². The van der Waals surface area contributed by atoms with Crippen LogP contribution in [0.15, 0.2) is 12.1 Å². The lowest BCUT2D eigenvalue weighted by atomic mass is 9.95. The number of nitrogens with one attached hydrogen (secondary N) is 1. The smallest absolute Gasteiger partial charge is 0.338 e. The van der Waals surface area contributed by atoms with Crippen molar-refractivity contribution in [2.24, 2.45) is 11.8 Å². The second-order valence-corrected chi connectivity index (χ2v) is 5.84. The van der Waals surface area contributed by atoms with Gasteiger partial charge in [-0.1, -0.05) is 6.42 Å². The Morgan fingerprint density at radius 1 is 1.38 bits per heavy atom. The summed E-state index contributed by atoms with van der Waals surface area (Å²) in [4.78, 5) is 21.3. The Kier molecular flexibility index (Phi) is 3.27. The minimum atomic E-state index is -1.43. The predicted molar refractivity (Wildman–Crippen MR) is 72.9 cm³/mol. The van der Waals surface area contributed by atoms with Gasteiger partial charge in [-0.25, -0.2) is 9.18 Å². The lowest BCUT2D eigenvalue weighted by Gasteiger charge is -2.24. The van der Waals surface area contributed by atoms with E-state index in [0.717, 1.165) is 25.3 Å². The molecule has 2 fully saturated rings. The highest BCUT2D eigenvalue weighted by atomic mass is 19.1. The van der Waals surface area contributed by atoms with Gasteiger partial charge in [0.15, 0.2) is 0 Å². The zero-order valence-electron chi connectivity index (χ0n) is 11.2. The second kappa shape index (κ2) is 4.98. The second-order valence-electron chi connectivity index (χ2n) is 5.84. The van der Waals surface area contributed by atoms with Crippen molar-refractivity contribution in [3.63, 3.8) is 0 Å². The molecule has 0 radical (unpaired) electrons. The quantitative estimate of drug-likeness (QED) is 0.657. The monoisotopic (exact) mass is 294 g/mol. The summed E-state index contributed by atoms with van der Waals surface area (Å²) in [5.41, 5.74) is -0.872. The van der Waals surface area contributed by atoms with Crippen molar-refractivity contribution in [3.8, 4) is 0 Å². The highest BCUT2D eigenvalue weighted by Crippen LogP contribution is 2.46. The van der Waals surface area contributed by atoms with Gasteiger partial charge in [0, 0.05) is 6.04 Å². The number of carboxylic acid groups (broad SMARTS) is 1. The Labute approximate surface area is 120 Å². The van der Waals surface area contributed by atoms with Crippen molar-refractivity contribution < 1.29 is 19.2 Å². The molecule has 112 valence electrons. The van der Waals surface area contributed by atoms with E-state index >= 15 is 0 Å². The fraction of sp³-hybridized carbons (Fsp3) is 0.500. The number of anilines is 1. The summed E-state index contributed by atoms with van der Waals surface area (Å²) in [5, 5.41) is 23.1. The van der Waals surface area contributed by atoms with Crippen LogP contribution >= 0.6 is 0 Å². The van der Waals surface area contributed by atoms with Gasteiger partial charge >= 0.3 is 5.97 Å². The Hall–Kier alpha value is -2.18. The number of fused-ring (bicyclic) bond motifs is 2. The molecular formula is C14H15FN2O4. The average molecular weight is 294 g/mol. The first-order chi connectivity index (χ1) is 9.95. The highest BCUT2D eigenvalue weighted by molar-refractivity contribution is 5.90. The number of nitro benzene ring substituents is 1. The first kappa shape index (κ1) is 13.8. The van der Waals surface area contributed by atoms with E-state index in [1.165, 1.54) is 6.42 Å². The Balaban J connectivity index is 1.93. The molecule has 0 heterocycles. The van der Waals surface area contributed by atoms with Crippen molar-refractivity contribution in [3.05, 3.63) is 33.6 Å². The maximum atomic E-state index is 13.6. The molecule has 1 aromatic carbocycles. The summed E-state index contributed by atoms with van der Waals surface area (Å²) in [6.07, 6.45) is 4.32. The third kappa shape index (κ3) is 2.43. The van der Waals surface area contributed by atoms with Crippen LogP contribution in [0, 0.1) is 27.8 Å². The third-order valence-electron chi connectivity index (χ3n) is 4.59. The van der Waals surface area contributed by atoms with E-state index < -0.39 is 28.0 Å². The SMILES string of the molecule is O=C(O)c1cc(NC2CC3CCC2C3)c([N+](=O)[O-])cc1F. The maximum absolute atomic E-state index is 13.6. The number of hydrogen-bond donors (Lipinski definition) is 2. The van der Waals surface area contributed by atoms with Gasteiger partial charge in [0.2, 0.25) is 0 Å². The number of nitrogens with zero attached hydrogens (tertiary/aromatic N) is 1. The highest BCUT2D eigenvalue weighted by Gasteiger charge is 2.40. The number of hydrogen-bond acceptors (Lipinski definition) is 4. The molecule has 3 rings (SSSR count). The lowest BCUT2D eigenvalue weighted by molar-refractivity contribution is -0.384. The standard InChI is InChI=1S/C14H15FN2O4/c15-10-6-13(17(20)21)12(5-9(10)14(18)19)16-11-4-7-1-2-8(11)3-7/h5-8,11,16H,1-4H2,(H,18,19). The molecule has 1 aromatic rings. The molecule has 3 unspecified atom stereocenters. The molecule has 7 heteroatoms. The molecule has 0 spiro atoms. The summed E-state index contributed by atoms with van der Waals surface area (Å²) in [5.74, 6) is -1.41. The number of halogens is 1. The topological polar surface area (TPSA) is 92.5 Å². The van der Waals surface area contributed by atoms with Crippen molar-refractivity contribution >= 4 is 17.3 Å². The van der Waals surface area contributed by atoms with Crippen LogP contribution in [-0.2, 0) is 0 Å². The van der Waals surface area contributed by atoms with Crippen molar-refractivity contribution in [1.82, 2.24) is 0 Å². The van der Waals surface area contributed by atoms with Gasteiger partial charge in [-0.15, -0.1) is 0 Å². The minimum absolute atomic E-state index is 0.0938. The van der Waals surface area contributed by atoms with Crippen molar-refractivity contribution in [2.75, 3.05) is 5.32 Å². The van der Waals surface area contributed by atoms with Gasteiger partial charge in [0.1, 0.15) is 11.5 Å².